The maximum absolute atomic E-state index is 8.77. The van der Waals surface area contributed by atoms with E-state index in [1.165, 1.54) is 6.42 Å². The largest absolute Gasteiger partial charge is 0.496 e. The van der Waals surface area contributed by atoms with Crippen LogP contribution in [0.4, 0.5) is 0 Å². The number of methoxy groups -OCH3 is 2. The fourth-order valence-corrected chi connectivity index (χ4v) is 2.82. The first-order valence-corrected chi connectivity index (χ1v) is 7.10. The fraction of sp³-hybridized carbons (Fsp3) is 0.533. The molecule has 6 nitrogen and oxygen atoms in total. The van der Waals surface area contributed by atoms with E-state index < -0.39 is 0 Å². The maximum atomic E-state index is 8.77. The van der Waals surface area contributed by atoms with E-state index in [4.69, 9.17) is 20.4 Å². The summed E-state index contributed by atoms with van der Waals surface area (Å²) in [5.74, 6) is 0.874. The van der Waals surface area contributed by atoms with Gasteiger partial charge in [-0.25, -0.2) is 0 Å². The molecule has 6 heteroatoms. The van der Waals surface area contributed by atoms with E-state index in [-0.39, 0.29) is 11.9 Å². The second-order valence-electron chi connectivity index (χ2n) is 5.20. The molecule has 1 aromatic rings. The number of hydrogen-bond acceptors (Lipinski definition) is 5. The lowest BCUT2D eigenvalue weighted by atomic mass is 10.1. The third-order valence-corrected chi connectivity index (χ3v) is 3.99. The zero-order valence-corrected chi connectivity index (χ0v) is 12.5. The molecule has 0 aromatic heterocycles. The Hall–Kier alpha value is -1.79. The highest BCUT2D eigenvalue weighted by atomic mass is 16.5. The minimum absolute atomic E-state index is 0.0922. The second kappa shape index (κ2) is 7.28. The summed E-state index contributed by atoms with van der Waals surface area (Å²) < 4.78 is 10.8. The van der Waals surface area contributed by atoms with Gasteiger partial charge in [0.25, 0.3) is 0 Å². The molecule has 2 rings (SSSR count). The molecule has 21 heavy (non-hydrogen) atoms. The van der Waals surface area contributed by atoms with Crippen molar-refractivity contribution in [3.63, 3.8) is 0 Å². The summed E-state index contributed by atoms with van der Waals surface area (Å²) in [5.41, 5.74) is 7.28. The maximum Gasteiger partial charge on any atom is 0.170 e. The van der Waals surface area contributed by atoms with Crippen molar-refractivity contribution in [3.05, 3.63) is 29.3 Å². The monoisotopic (exact) mass is 293 g/mol. The summed E-state index contributed by atoms with van der Waals surface area (Å²) in [6, 6.07) is 5.82. The normalized spacial score (nSPS) is 22.5. The lowest BCUT2D eigenvalue weighted by Gasteiger charge is -2.20. The number of hydrogen-bond donors (Lipinski definition) is 3. The standard InChI is InChI=1S/C15H23N3O3/c1-20-13-7-6-10(15(16)18-19)8-11(13)9-17-12-4-3-5-14(12)21-2/h6-8,12,14,17,19H,3-5,9H2,1-2H3,(H2,16,18). The van der Waals surface area contributed by atoms with Gasteiger partial charge >= 0.3 is 0 Å². The van der Waals surface area contributed by atoms with Crippen LogP contribution in [0.15, 0.2) is 23.4 Å². The molecule has 0 amide bonds. The van der Waals surface area contributed by atoms with E-state index in [1.54, 1.807) is 20.3 Å². The molecule has 2 unspecified atom stereocenters. The van der Waals surface area contributed by atoms with Crippen molar-refractivity contribution in [2.75, 3.05) is 14.2 Å². The first-order valence-electron chi connectivity index (χ1n) is 7.10. The number of benzene rings is 1. The number of ether oxygens (including phenoxy) is 2. The third-order valence-electron chi connectivity index (χ3n) is 3.99. The van der Waals surface area contributed by atoms with Crippen LogP contribution >= 0.6 is 0 Å². The third kappa shape index (κ3) is 3.65. The first kappa shape index (κ1) is 15.6. The highest BCUT2D eigenvalue weighted by Crippen LogP contribution is 2.24. The van der Waals surface area contributed by atoms with E-state index in [0.29, 0.717) is 18.2 Å². The Morgan fingerprint density at radius 1 is 1.43 bits per heavy atom. The Balaban J connectivity index is 2.10. The summed E-state index contributed by atoms with van der Waals surface area (Å²) in [6.07, 6.45) is 3.65. The summed E-state index contributed by atoms with van der Waals surface area (Å²) in [6.45, 7) is 0.653. The van der Waals surface area contributed by atoms with Gasteiger partial charge in [0.15, 0.2) is 5.84 Å². The van der Waals surface area contributed by atoms with Gasteiger partial charge < -0.3 is 25.7 Å². The SMILES string of the molecule is COc1ccc(/C(N)=N/O)cc1CNC1CCCC1OC. The molecule has 1 saturated carbocycles. The average Bonchev–Trinajstić information content (AvgIpc) is 2.99. The minimum atomic E-state index is 0.0922. The van der Waals surface area contributed by atoms with Crippen LogP contribution in [-0.4, -0.2) is 37.4 Å². The predicted octanol–water partition coefficient (Wildman–Crippen LogP) is 1.45. The van der Waals surface area contributed by atoms with Crippen LogP contribution in [0, 0.1) is 0 Å². The molecule has 0 saturated heterocycles. The van der Waals surface area contributed by atoms with Gasteiger partial charge in [-0.05, 0) is 37.5 Å². The lowest BCUT2D eigenvalue weighted by molar-refractivity contribution is 0.0846. The number of nitrogens with zero attached hydrogens (tertiary/aromatic N) is 1. The Labute approximate surface area is 124 Å². The highest BCUT2D eigenvalue weighted by molar-refractivity contribution is 5.97. The second-order valence-corrected chi connectivity index (χ2v) is 5.20. The predicted molar refractivity (Wildman–Crippen MR) is 80.8 cm³/mol. The van der Waals surface area contributed by atoms with E-state index in [2.05, 4.69) is 10.5 Å². The van der Waals surface area contributed by atoms with Crippen molar-refractivity contribution in [3.8, 4) is 5.75 Å². The van der Waals surface area contributed by atoms with Crippen molar-refractivity contribution in [1.82, 2.24) is 5.32 Å². The number of amidine groups is 1. The molecule has 0 heterocycles. The Morgan fingerprint density at radius 2 is 2.24 bits per heavy atom. The molecule has 1 fully saturated rings. The van der Waals surface area contributed by atoms with Crippen LogP contribution in [0.2, 0.25) is 0 Å². The molecule has 0 bridgehead atoms. The van der Waals surface area contributed by atoms with Gasteiger partial charge in [0.05, 0.1) is 13.2 Å². The molecule has 1 aromatic carbocycles. The molecule has 116 valence electrons. The van der Waals surface area contributed by atoms with Crippen molar-refractivity contribution in [2.24, 2.45) is 10.9 Å². The van der Waals surface area contributed by atoms with Crippen LogP contribution in [0.25, 0.3) is 0 Å². The first-order chi connectivity index (χ1) is 10.2. The van der Waals surface area contributed by atoms with E-state index in [9.17, 15) is 0 Å². The summed E-state index contributed by atoms with van der Waals surface area (Å²) in [4.78, 5) is 0. The highest BCUT2D eigenvalue weighted by Gasteiger charge is 2.26. The van der Waals surface area contributed by atoms with Crippen LogP contribution in [0.3, 0.4) is 0 Å². The lowest BCUT2D eigenvalue weighted by Crippen LogP contribution is -2.36. The van der Waals surface area contributed by atoms with Gasteiger partial charge in [-0.1, -0.05) is 5.16 Å². The topological polar surface area (TPSA) is 89.1 Å². The molecule has 0 radical (unpaired) electrons. The van der Waals surface area contributed by atoms with Crippen LogP contribution in [0.1, 0.15) is 30.4 Å². The van der Waals surface area contributed by atoms with Crippen molar-refractivity contribution >= 4 is 5.84 Å². The quantitative estimate of drug-likeness (QED) is 0.320. The Morgan fingerprint density at radius 3 is 2.90 bits per heavy atom. The minimum Gasteiger partial charge on any atom is -0.496 e. The van der Waals surface area contributed by atoms with Gasteiger partial charge in [0, 0.05) is 30.8 Å². The zero-order valence-electron chi connectivity index (χ0n) is 12.5. The van der Waals surface area contributed by atoms with Gasteiger partial charge in [-0.2, -0.15) is 0 Å². The van der Waals surface area contributed by atoms with Crippen molar-refractivity contribution in [1.29, 1.82) is 0 Å². The molecular weight excluding hydrogens is 270 g/mol. The van der Waals surface area contributed by atoms with Gasteiger partial charge in [-0.15, -0.1) is 0 Å². The smallest absolute Gasteiger partial charge is 0.170 e. The number of nitrogens with one attached hydrogen (secondary N) is 1. The Bertz CT molecular complexity index is 505. The average molecular weight is 293 g/mol. The molecule has 0 aliphatic heterocycles. The Kier molecular flexibility index (Phi) is 5.41. The van der Waals surface area contributed by atoms with Gasteiger partial charge in [0.2, 0.25) is 0 Å². The van der Waals surface area contributed by atoms with Crippen LogP contribution in [0.5, 0.6) is 5.75 Å². The number of oxime groups is 1. The number of nitrogens with two attached hydrogens (primary N) is 1. The van der Waals surface area contributed by atoms with Crippen molar-refractivity contribution in [2.45, 2.75) is 38.0 Å². The molecule has 1 aliphatic rings. The van der Waals surface area contributed by atoms with Gasteiger partial charge in [-0.3, -0.25) is 0 Å². The van der Waals surface area contributed by atoms with Gasteiger partial charge in [0.1, 0.15) is 5.75 Å². The van der Waals surface area contributed by atoms with Crippen LogP contribution in [-0.2, 0) is 11.3 Å². The molecule has 4 N–H and O–H groups in total. The van der Waals surface area contributed by atoms with E-state index in [0.717, 1.165) is 24.2 Å². The van der Waals surface area contributed by atoms with Crippen LogP contribution < -0.4 is 15.8 Å². The zero-order chi connectivity index (χ0) is 15.2. The fourth-order valence-electron chi connectivity index (χ4n) is 2.82. The van der Waals surface area contributed by atoms with E-state index in [1.807, 2.05) is 12.1 Å². The molecule has 2 atom stereocenters. The van der Waals surface area contributed by atoms with E-state index >= 15 is 0 Å². The molecule has 0 spiro atoms. The number of rotatable bonds is 6. The summed E-state index contributed by atoms with van der Waals surface area (Å²) in [7, 11) is 3.39. The van der Waals surface area contributed by atoms with Crippen molar-refractivity contribution < 1.29 is 14.7 Å². The molecular formula is C15H23N3O3. The molecule has 1 aliphatic carbocycles. The summed E-state index contributed by atoms with van der Waals surface area (Å²) in [5, 5.41) is 15.3. The summed E-state index contributed by atoms with van der Waals surface area (Å²) >= 11 is 0.